The summed E-state index contributed by atoms with van der Waals surface area (Å²) in [4.78, 5) is 0. The van der Waals surface area contributed by atoms with Crippen LogP contribution in [-0.4, -0.2) is 32.6 Å². The predicted octanol–water partition coefficient (Wildman–Crippen LogP) is 2.90. The van der Waals surface area contributed by atoms with Gasteiger partial charge in [0.25, 0.3) is 0 Å². The molecular formula is C15H18BrNO3S. The molecule has 1 aliphatic rings. The normalized spacial score (nSPS) is 28.1. The molecule has 2 rings (SSSR count). The second kappa shape index (κ2) is 6.07. The van der Waals surface area contributed by atoms with Crippen LogP contribution in [0, 0.1) is 16.7 Å². The summed E-state index contributed by atoms with van der Waals surface area (Å²) in [7, 11) is -3.30. The molecule has 0 amide bonds. The quantitative estimate of drug-likeness (QED) is 0.770. The summed E-state index contributed by atoms with van der Waals surface area (Å²) < 4.78 is 31.0. The topological polar surface area (TPSA) is 67.2 Å². The number of nitrogens with zero attached hydrogens (tertiary/aromatic N) is 1. The zero-order valence-electron chi connectivity index (χ0n) is 12.0. The molecular weight excluding hydrogens is 354 g/mol. The number of halogens is 1. The Bertz CT molecular complexity index is 650. The summed E-state index contributed by atoms with van der Waals surface area (Å²) in [5.74, 6) is -0.271. The summed E-state index contributed by atoms with van der Waals surface area (Å²) in [6.45, 7) is 4.08. The molecule has 0 aromatic heterocycles. The Balaban J connectivity index is 2.42. The standard InChI is InChI=1S/C15H18BrNO3S/c1-3-20-10-15(9-17)13(14(15)21(18,19)4-2)11-5-7-12(16)8-6-11/h5-8,13-14H,3-4,10H2,1-2H3/t13-,14-,15-/m0/s1. The van der Waals surface area contributed by atoms with Gasteiger partial charge in [0, 0.05) is 22.8 Å². The first-order chi connectivity index (χ1) is 9.93. The van der Waals surface area contributed by atoms with Crippen molar-refractivity contribution in [1.29, 1.82) is 5.26 Å². The zero-order valence-corrected chi connectivity index (χ0v) is 14.4. The molecule has 21 heavy (non-hydrogen) atoms. The first kappa shape index (κ1) is 16.5. The van der Waals surface area contributed by atoms with Gasteiger partial charge in [0.2, 0.25) is 0 Å². The van der Waals surface area contributed by atoms with Gasteiger partial charge in [-0.2, -0.15) is 5.26 Å². The van der Waals surface area contributed by atoms with E-state index in [2.05, 4.69) is 22.0 Å². The highest BCUT2D eigenvalue weighted by Crippen LogP contribution is 2.63. The minimum Gasteiger partial charge on any atom is -0.380 e. The van der Waals surface area contributed by atoms with Crippen LogP contribution in [-0.2, 0) is 14.6 Å². The average molecular weight is 372 g/mol. The number of hydrogen-bond donors (Lipinski definition) is 0. The third-order valence-corrected chi connectivity index (χ3v) is 6.83. The summed E-state index contributed by atoms with van der Waals surface area (Å²) in [6.07, 6.45) is 0. The Hall–Kier alpha value is -0.900. The Morgan fingerprint density at radius 2 is 1.95 bits per heavy atom. The second-order valence-corrected chi connectivity index (χ2v) is 8.52. The number of benzene rings is 1. The van der Waals surface area contributed by atoms with E-state index in [1.54, 1.807) is 6.92 Å². The first-order valence-electron chi connectivity index (χ1n) is 6.89. The molecule has 0 N–H and O–H groups in total. The van der Waals surface area contributed by atoms with E-state index in [-0.39, 0.29) is 18.3 Å². The number of ether oxygens (including phenoxy) is 1. The van der Waals surface area contributed by atoms with Gasteiger partial charge in [0.05, 0.1) is 17.9 Å². The van der Waals surface area contributed by atoms with Crippen LogP contribution in [0.4, 0.5) is 0 Å². The Kier molecular flexibility index (Phi) is 4.76. The molecule has 0 heterocycles. The molecule has 3 atom stereocenters. The van der Waals surface area contributed by atoms with E-state index in [1.807, 2.05) is 31.2 Å². The van der Waals surface area contributed by atoms with E-state index >= 15 is 0 Å². The smallest absolute Gasteiger partial charge is 0.155 e. The van der Waals surface area contributed by atoms with Gasteiger partial charge in [-0.15, -0.1) is 0 Å². The molecule has 0 aliphatic heterocycles. The Morgan fingerprint density at radius 1 is 1.33 bits per heavy atom. The third kappa shape index (κ3) is 2.87. The van der Waals surface area contributed by atoms with Crippen molar-refractivity contribution in [3.8, 4) is 6.07 Å². The lowest BCUT2D eigenvalue weighted by Gasteiger charge is -2.09. The lowest BCUT2D eigenvalue weighted by Crippen LogP contribution is -2.20. The summed E-state index contributed by atoms with van der Waals surface area (Å²) >= 11 is 3.36. The Morgan fingerprint density at radius 3 is 2.43 bits per heavy atom. The molecule has 1 fully saturated rings. The maximum absolute atomic E-state index is 12.3. The largest absolute Gasteiger partial charge is 0.380 e. The molecule has 0 spiro atoms. The second-order valence-electron chi connectivity index (χ2n) is 5.19. The van der Waals surface area contributed by atoms with Crippen LogP contribution in [0.2, 0.25) is 0 Å². The van der Waals surface area contributed by atoms with Gasteiger partial charge in [-0.25, -0.2) is 8.42 Å². The van der Waals surface area contributed by atoms with Crippen molar-refractivity contribution in [2.45, 2.75) is 25.0 Å². The van der Waals surface area contributed by atoms with Crippen LogP contribution >= 0.6 is 15.9 Å². The number of sulfone groups is 1. The van der Waals surface area contributed by atoms with Gasteiger partial charge in [0.15, 0.2) is 9.84 Å². The highest BCUT2D eigenvalue weighted by atomic mass is 79.9. The van der Waals surface area contributed by atoms with Crippen molar-refractivity contribution in [2.24, 2.45) is 5.41 Å². The van der Waals surface area contributed by atoms with E-state index in [9.17, 15) is 13.7 Å². The van der Waals surface area contributed by atoms with Crippen LogP contribution in [0.25, 0.3) is 0 Å². The van der Waals surface area contributed by atoms with E-state index < -0.39 is 20.5 Å². The summed E-state index contributed by atoms with van der Waals surface area (Å²) in [5.41, 5.74) is -0.0833. The van der Waals surface area contributed by atoms with E-state index in [0.29, 0.717) is 6.61 Å². The lowest BCUT2D eigenvalue weighted by atomic mass is 10.0. The summed E-state index contributed by atoms with van der Waals surface area (Å²) in [6, 6.07) is 9.71. The maximum atomic E-state index is 12.3. The van der Waals surface area contributed by atoms with Crippen molar-refractivity contribution >= 4 is 25.8 Å². The number of nitriles is 1. The molecule has 0 saturated heterocycles. The molecule has 0 radical (unpaired) electrons. The van der Waals surface area contributed by atoms with Gasteiger partial charge in [0.1, 0.15) is 5.41 Å². The predicted molar refractivity (Wildman–Crippen MR) is 84.7 cm³/mol. The fourth-order valence-electron chi connectivity index (χ4n) is 2.86. The van der Waals surface area contributed by atoms with Crippen LogP contribution in [0.1, 0.15) is 25.3 Å². The fraction of sp³-hybridized carbons (Fsp3) is 0.533. The number of rotatable bonds is 6. The number of hydrogen-bond acceptors (Lipinski definition) is 4. The molecule has 0 unspecified atom stereocenters. The molecule has 4 nitrogen and oxygen atoms in total. The molecule has 1 aliphatic carbocycles. The van der Waals surface area contributed by atoms with E-state index in [0.717, 1.165) is 10.0 Å². The maximum Gasteiger partial charge on any atom is 0.155 e. The first-order valence-corrected chi connectivity index (χ1v) is 9.39. The van der Waals surface area contributed by atoms with E-state index in [1.165, 1.54) is 0 Å². The van der Waals surface area contributed by atoms with Gasteiger partial charge in [-0.05, 0) is 24.6 Å². The SMILES string of the molecule is CCOC[C@@]1(C#N)[C@@H](c2ccc(Br)cc2)[C@@H]1S(=O)(=O)CC. The van der Waals surface area contributed by atoms with Gasteiger partial charge in [-0.1, -0.05) is 35.0 Å². The fourth-order valence-corrected chi connectivity index (χ4v) is 5.13. The van der Waals surface area contributed by atoms with Crippen LogP contribution in [0.3, 0.4) is 0 Å². The molecule has 114 valence electrons. The minimum atomic E-state index is -3.30. The minimum absolute atomic E-state index is 0.0419. The monoisotopic (exact) mass is 371 g/mol. The van der Waals surface area contributed by atoms with Crippen LogP contribution < -0.4 is 0 Å². The molecule has 1 aromatic carbocycles. The highest BCUT2D eigenvalue weighted by Gasteiger charge is 2.71. The molecule has 1 aromatic rings. The third-order valence-electron chi connectivity index (χ3n) is 4.03. The van der Waals surface area contributed by atoms with Crippen molar-refractivity contribution in [3.05, 3.63) is 34.3 Å². The molecule has 6 heteroatoms. The van der Waals surface area contributed by atoms with Gasteiger partial charge < -0.3 is 4.74 Å². The van der Waals surface area contributed by atoms with Crippen molar-refractivity contribution in [3.63, 3.8) is 0 Å². The van der Waals surface area contributed by atoms with Crippen LogP contribution in [0.15, 0.2) is 28.7 Å². The van der Waals surface area contributed by atoms with Crippen LogP contribution in [0.5, 0.6) is 0 Å². The van der Waals surface area contributed by atoms with Gasteiger partial charge >= 0.3 is 0 Å². The lowest BCUT2D eigenvalue weighted by molar-refractivity contribution is 0.117. The molecule has 0 bridgehead atoms. The zero-order chi connectivity index (χ0) is 15.7. The molecule has 1 saturated carbocycles. The highest BCUT2D eigenvalue weighted by molar-refractivity contribution is 9.10. The van der Waals surface area contributed by atoms with Crippen molar-refractivity contribution in [1.82, 2.24) is 0 Å². The summed E-state index contributed by atoms with van der Waals surface area (Å²) in [5, 5.41) is 8.92. The van der Waals surface area contributed by atoms with E-state index in [4.69, 9.17) is 4.74 Å². The van der Waals surface area contributed by atoms with Crippen molar-refractivity contribution < 1.29 is 13.2 Å². The average Bonchev–Trinajstić information content (AvgIpc) is 3.16. The van der Waals surface area contributed by atoms with Gasteiger partial charge in [-0.3, -0.25) is 0 Å². The Labute approximate surface area is 134 Å². The van der Waals surface area contributed by atoms with Crippen molar-refractivity contribution in [2.75, 3.05) is 19.0 Å².